The van der Waals surface area contributed by atoms with Gasteiger partial charge in [-0.25, -0.2) is 8.42 Å². The van der Waals surface area contributed by atoms with Crippen LogP contribution in [0.15, 0.2) is 72.8 Å². The number of hydrogen-bond donors (Lipinski definition) is 1. The van der Waals surface area contributed by atoms with Crippen molar-refractivity contribution in [1.29, 1.82) is 0 Å². The maximum atomic E-state index is 14.2. The summed E-state index contributed by atoms with van der Waals surface area (Å²) in [6.07, 6.45) is 1.83. The second kappa shape index (κ2) is 14.1. The number of aryl methyl sites for hydroxylation is 2. The number of nitrogens with one attached hydrogen (secondary N) is 1. The van der Waals surface area contributed by atoms with E-state index >= 15 is 0 Å². The van der Waals surface area contributed by atoms with Crippen molar-refractivity contribution < 1.29 is 22.9 Å². The molecule has 0 saturated carbocycles. The van der Waals surface area contributed by atoms with Crippen LogP contribution in [0.1, 0.15) is 42.5 Å². The number of amides is 2. The Kier molecular flexibility index (Phi) is 10.8. The number of anilines is 1. The van der Waals surface area contributed by atoms with E-state index in [0.29, 0.717) is 12.0 Å². The fourth-order valence-electron chi connectivity index (χ4n) is 4.58. The minimum Gasteiger partial charge on any atom is -0.352 e. The summed E-state index contributed by atoms with van der Waals surface area (Å²) in [4.78, 5) is 40.2. The lowest BCUT2D eigenvalue weighted by molar-refractivity contribution is -0.384. The minimum absolute atomic E-state index is 0.0271. The summed E-state index contributed by atoms with van der Waals surface area (Å²) in [6, 6.07) is 19.6. The third kappa shape index (κ3) is 8.62. The predicted octanol–water partition coefficient (Wildman–Crippen LogP) is 4.53. The third-order valence-electron chi connectivity index (χ3n) is 7.06. The van der Waals surface area contributed by atoms with Crippen LogP contribution in [0.3, 0.4) is 0 Å². The minimum atomic E-state index is -4.06. The Morgan fingerprint density at radius 2 is 1.64 bits per heavy atom. The first-order valence-corrected chi connectivity index (χ1v) is 15.6. The lowest BCUT2D eigenvalue weighted by atomic mass is 10.0. The van der Waals surface area contributed by atoms with Crippen LogP contribution in [0.2, 0.25) is 0 Å². The van der Waals surface area contributed by atoms with Gasteiger partial charge in [-0.2, -0.15) is 0 Å². The summed E-state index contributed by atoms with van der Waals surface area (Å²) in [5.41, 5.74) is 2.74. The molecule has 2 atom stereocenters. The van der Waals surface area contributed by atoms with Crippen LogP contribution in [0.25, 0.3) is 0 Å². The number of non-ortho nitro benzene ring substituents is 1. The van der Waals surface area contributed by atoms with Crippen molar-refractivity contribution in [3.63, 3.8) is 0 Å². The monoisotopic (exact) mass is 594 g/mol. The topological polar surface area (TPSA) is 130 Å². The van der Waals surface area contributed by atoms with Gasteiger partial charge in [0.05, 0.1) is 16.9 Å². The number of rotatable bonds is 13. The van der Waals surface area contributed by atoms with Crippen molar-refractivity contribution in [1.82, 2.24) is 10.2 Å². The highest BCUT2D eigenvalue weighted by Gasteiger charge is 2.34. The Hall–Kier alpha value is -4.25. The molecule has 1 N–H and O–H groups in total. The van der Waals surface area contributed by atoms with E-state index in [1.165, 1.54) is 17.0 Å². The summed E-state index contributed by atoms with van der Waals surface area (Å²) < 4.78 is 26.9. The van der Waals surface area contributed by atoms with E-state index in [-0.39, 0.29) is 36.3 Å². The summed E-state index contributed by atoms with van der Waals surface area (Å²) in [6.45, 7) is 6.76. The standard InChI is InChI=1S/C31H38N4O6S/c1-6-24(4)32-31(37)29(18-25-12-8-7-9-13-25)33(20-26-14-10-11-22(2)17-26)30(36)21-34(42(5,40)41)28-19-27(35(38)39)16-15-23(28)3/h7-17,19,24,29H,6,18,20-21H2,1-5H3,(H,32,37)/t24-,29+/m0/s1. The average Bonchev–Trinajstić information content (AvgIpc) is 2.93. The second-order valence-corrected chi connectivity index (χ2v) is 12.4. The highest BCUT2D eigenvalue weighted by Crippen LogP contribution is 2.28. The number of carbonyl (C=O) groups is 2. The van der Waals surface area contributed by atoms with Gasteiger partial charge in [-0.1, -0.05) is 73.2 Å². The molecule has 0 aromatic heterocycles. The molecule has 0 aliphatic rings. The molecule has 0 saturated heterocycles. The second-order valence-electron chi connectivity index (χ2n) is 10.5. The number of nitro benzene ring substituents is 1. The van der Waals surface area contributed by atoms with E-state index in [0.717, 1.165) is 33.3 Å². The molecule has 0 unspecified atom stereocenters. The van der Waals surface area contributed by atoms with Crippen molar-refractivity contribution in [2.24, 2.45) is 0 Å². The Balaban J connectivity index is 2.11. The predicted molar refractivity (Wildman–Crippen MR) is 164 cm³/mol. The van der Waals surface area contributed by atoms with Crippen molar-refractivity contribution in [3.8, 4) is 0 Å². The van der Waals surface area contributed by atoms with Crippen molar-refractivity contribution in [3.05, 3.63) is 105 Å². The maximum absolute atomic E-state index is 14.2. The van der Waals surface area contributed by atoms with Crippen molar-refractivity contribution >= 4 is 33.2 Å². The highest BCUT2D eigenvalue weighted by atomic mass is 32.2. The first-order chi connectivity index (χ1) is 19.8. The van der Waals surface area contributed by atoms with Gasteiger partial charge in [-0.05, 0) is 43.9 Å². The number of benzene rings is 3. The molecule has 3 aromatic carbocycles. The van der Waals surface area contributed by atoms with Crippen LogP contribution in [0, 0.1) is 24.0 Å². The van der Waals surface area contributed by atoms with Crippen LogP contribution in [0.4, 0.5) is 11.4 Å². The number of hydrogen-bond acceptors (Lipinski definition) is 6. The Bertz CT molecular complexity index is 1530. The first-order valence-electron chi connectivity index (χ1n) is 13.7. The van der Waals surface area contributed by atoms with E-state index in [1.807, 2.05) is 75.4 Å². The third-order valence-corrected chi connectivity index (χ3v) is 8.19. The van der Waals surface area contributed by atoms with Crippen molar-refractivity contribution in [2.45, 2.75) is 59.2 Å². The van der Waals surface area contributed by atoms with Gasteiger partial charge >= 0.3 is 0 Å². The lowest BCUT2D eigenvalue weighted by Gasteiger charge is -2.34. The molecule has 3 rings (SSSR count). The van der Waals surface area contributed by atoms with E-state index in [2.05, 4.69) is 5.32 Å². The zero-order valence-electron chi connectivity index (χ0n) is 24.6. The van der Waals surface area contributed by atoms with E-state index in [1.54, 1.807) is 6.92 Å². The zero-order chi connectivity index (χ0) is 31.0. The molecule has 0 aliphatic heterocycles. The molecule has 10 nitrogen and oxygen atoms in total. The lowest BCUT2D eigenvalue weighted by Crippen LogP contribution is -2.54. The summed E-state index contributed by atoms with van der Waals surface area (Å²) in [5, 5.41) is 14.5. The molecule has 0 fully saturated rings. The number of carbonyl (C=O) groups excluding carboxylic acids is 2. The van der Waals surface area contributed by atoms with Gasteiger partial charge in [-0.15, -0.1) is 0 Å². The molecule has 2 amide bonds. The Morgan fingerprint density at radius 3 is 2.24 bits per heavy atom. The zero-order valence-corrected chi connectivity index (χ0v) is 25.4. The molecule has 0 radical (unpaired) electrons. The molecule has 0 heterocycles. The number of sulfonamides is 1. The first kappa shape index (κ1) is 32.3. The van der Waals surface area contributed by atoms with Gasteiger partial charge in [0, 0.05) is 31.1 Å². The smallest absolute Gasteiger partial charge is 0.271 e. The van der Waals surface area contributed by atoms with Crippen LogP contribution in [-0.2, 0) is 32.6 Å². The quantitative estimate of drug-likeness (QED) is 0.229. The van der Waals surface area contributed by atoms with Gasteiger partial charge < -0.3 is 10.2 Å². The molecular weight excluding hydrogens is 556 g/mol. The van der Waals surface area contributed by atoms with Gasteiger partial charge in [0.1, 0.15) is 12.6 Å². The van der Waals surface area contributed by atoms with E-state index in [4.69, 9.17) is 0 Å². The molecule has 3 aromatic rings. The normalized spacial score (nSPS) is 12.7. The van der Waals surface area contributed by atoms with Crippen molar-refractivity contribution in [2.75, 3.05) is 17.1 Å². The van der Waals surface area contributed by atoms with Gasteiger partial charge in [0.25, 0.3) is 5.69 Å². The van der Waals surface area contributed by atoms with Crippen LogP contribution < -0.4 is 9.62 Å². The molecule has 0 spiro atoms. The van der Waals surface area contributed by atoms with Crippen LogP contribution in [-0.4, -0.2) is 54.9 Å². The van der Waals surface area contributed by atoms with E-state index in [9.17, 15) is 28.1 Å². The SMILES string of the molecule is CC[C@H](C)NC(=O)[C@@H](Cc1ccccc1)N(Cc1cccc(C)c1)C(=O)CN(c1cc([N+](=O)[O-])ccc1C)S(C)(=O)=O. The number of nitro groups is 1. The molecule has 42 heavy (non-hydrogen) atoms. The Morgan fingerprint density at radius 1 is 0.976 bits per heavy atom. The van der Waals surface area contributed by atoms with Gasteiger partial charge in [0.15, 0.2) is 0 Å². The summed E-state index contributed by atoms with van der Waals surface area (Å²) in [7, 11) is -4.06. The molecular formula is C31H38N4O6S. The van der Waals surface area contributed by atoms with Crippen LogP contribution >= 0.6 is 0 Å². The molecule has 0 aliphatic carbocycles. The molecule has 224 valence electrons. The maximum Gasteiger partial charge on any atom is 0.271 e. The van der Waals surface area contributed by atoms with Gasteiger partial charge in [0.2, 0.25) is 21.8 Å². The summed E-state index contributed by atoms with van der Waals surface area (Å²) >= 11 is 0. The molecule has 11 heteroatoms. The fourth-order valence-corrected chi connectivity index (χ4v) is 5.48. The highest BCUT2D eigenvalue weighted by molar-refractivity contribution is 7.92. The van der Waals surface area contributed by atoms with Gasteiger partial charge in [-0.3, -0.25) is 24.0 Å². The van der Waals surface area contributed by atoms with Crippen LogP contribution in [0.5, 0.6) is 0 Å². The average molecular weight is 595 g/mol. The molecule has 0 bridgehead atoms. The summed E-state index contributed by atoms with van der Waals surface area (Å²) in [5.74, 6) is -0.972. The number of nitrogens with zero attached hydrogens (tertiary/aromatic N) is 3. The Labute approximate surface area is 247 Å². The largest absolute Gasteiger partial charge is 0.352 e. The fraction of sp³-hybridized carbons (Fsp3) is 0.355. The van der Waals surface area contributed by atoms with E-state index < -0.39 is 33.4 Å².